The fraction of sp³-hybridized carbons (Fsp3) is 0.483. The van der Waals surface area contributed by atoms with E-state index in [1.807, 2.05) is 18.2 Å². The summed E-state index contributed by atoms with van der Waals surface area (Å²) in [5.74, 6) is -6.05. The molecule has 0 bridgehead atoms. The second-order valence-corrected chi connectivity index (χ2v) is 21.8. The van der Waals surface area contributed by atoms with Gasteiger partial charge in [-0.2, -0.15) is 0 Å². The number of morpholine rings is 1. The van der Waals surface area contributed by atoms with Crippen LogP contribution in [0.4, 0.5) is 30.2 Å². The average molecular weight is 1090 g/mol. The van der Waals surface area contributed by atoms with E-state index in [1.165, 1.54) is 23.1 Å². The summed E-state index contributed by atoms with van der Waals surface area (Å²) in [5, 5.41) is 17.3. The maximum Gasteiger partial charge on any atom is 0.252 e. The number of piperazine rings is 1. The van der Waals surface area contributed by atoms with Crippen LogP contribution in [0.5, 0.6) is 0 Å². The summed E-state index contributed by atoms with van der Waals surface area (Å²) < 4.78 is 55.2. The third kappa shape index (κ3) is 12.8. The van der Waals surface area contributed by atoms with Gasteiger partial charge >= 0.3 is 0 Å². The Balaban J connectivity index is 0.934. The number of hydrogen-bond donors (Lipinski definition) is 6. The third-order valence-corrected chi connectivity index (χ3v) is 16.2. The first-order chi connectivity index (χ1) is 37.9. The Morgan fingerprint density at radius 1 is 0.861 bits per heavy atom. The number of fused-ring (bicyclic) bond motifs is 2. The minimum Gasteiger partial charge on any atom is -0.381 e. The van der Waals surface area contributed by atoms with Crippen LogP contribution in [0.25, 0.3) is 0 Å². The summed E-state index contributed by atoms with van der Waals surface area (Å²) in [7, 11) is 1.61. The molecule has 5 aliphatic rings. The molecule has 3 saturated heterocycles. The lowest BCUT2D eigenvalue weighted by atomic mass is 9.83. The van der Waals surface area contributed by atoms with E-state index in [0.717, 1.165) is 42.4 Å². The number of rotatable bonds is 17. The molecule has 0 aromatic heterocycles. The Kier molecular flexibility index (Phi) is 17.8. The molecule has 4 aromatic rings. The van der Waals surface area contributed by atoms with Gasteiger partial charge in [0.15, 0.2) is 0 Å². The highest BCUT2D eigenvalue weighted by Crippen LogP contribution is 2.43. The lowest BCUT2D eigenvalue weighted by Crippen LogP contribution is -2.62. The predicted octanol–water partition coefficient (Wildman–Crippen LogP) is 3.98. The summed E-state index contributed by atoms with van der Waals surface area (Å²) >= 11 is 0. The van der Waals surface area contributed by atoms with E-state index in [1.54, 1.807) is 50.1 Å². The third-order valence-electron chi connectivity index (χ3n) is 16.2. The van der Waals surface area contributed by atoms with Gasteiger partial charge in [0.25, 0.3) is 5.91 Å². The molecule has 9 rings (SSSR count). The zero-order valence-corrected chi connectivity index (χ0v) is 45.3. The fourth-order valence-corrected chi connectivity index (χ4v) is 11.5. The summed E-state index contributed by atoms with van der Waals surface area (Å²) in [6.45, 7) is 12.0. The number of halogens is 3. The summed E-state index contributed by atoms with van der Waals surface area (Å²) in [4.78, 5) is 93.3. The van der Waals surface area contributed by atoms with Gasteiger partial charge in [-0.15, -0.1) is 0 Å². The standard InChI is InChI=1S/C58H71F3N10O8/c1-34-28-69(43(26-63-34)30-68-19-22-79-32-35(68)2)31-50(73)71-33-58(4,45-16-11-38(24-48(45)71)23-37-9-13-41(59)14-10-37)57(77)64-27-49(72)65-42-15-12-40-29-70(53(44(40)25-42)55(75)67-52-46(60)7-6-8-47(52)61)56(76)51(39-17-20-78-21-18-39)66-54(74)36(3)62-5/h6-16,24-25,34-36,39,43,51,53,62-63H,17-23,26-33H2,1-5H3,(H,64,77)(H,65,72)(H,66,74)(H,67,75)/t34-,35-,36+,43-,51?,53+,58-/m1/s1. The molecule has 21 heteroatoms. The Hall–Kier alpha value is -6.75. The highest BCUT2D eigenvalue weighted by molar-refractivity contribution is 6.05. The number of carbonyl (C=O) groups excluding carboxylic acids is 6. The molecule has 18 nitrogen and oxygen atoms in total. The monoisotopic (exact) mass is 1090 g/mol. The second-order valence-electron chi connectivity index (χ2n) is 21.8. The van der Waals surface area contributed by atoms with E-state index in [0.29, 0.717) is 75.6 Å². The smallest absolute Gasteiger partial charge is 0.252 e. The van der Waals surface area contributed by atoms with Gasteiger partial charge < -0.3 is 51.2 Å². The molecular formula is C58H71F3N10O8. The van der Waals surface area contributed by atoms with Crippen molar-refractivity contribution >= 4 is 52.5 Å². The zero-order valence-electron chi connectivity index (χ0n) is 45.3. The zero-order chi connectivity index (χ0) is 56.1. The predicted molar refractivity (Wildman–Crippen MR) is 290 cm³/mol. The summed E-state index contributed by atoms with van der Waals surface area (Å²) in [6.07, 6.45) is 1.35. The lowest BCUT2D eigenvalue weighted by molar-refractivity contribution is -0.144. The van der Waals surface area contributed by atoms with Crippen LogP contribution in [0.1, 0.15) is 74.4 Å². The fourth-order valence-electron chi connectivity index (χ4n) is 11.5. The Morgan fingerprint density at radius 3 is 2.32 bits per heavy atom. The number of amides is 6. The van der Waals surface area contributed by atoms with Gasteiger partial charge in [-0.1, -0.05) is 36.4 Å². The molecule has 0 spiro atoms. The quantitative estimate of drug-likeness (QED) is 0.0889. The molecule has 1 unspecified atom stereocenters. The highest BCUT2D eigenvalue weighted by atomic mass is 19.1. The molecule has 5 aliphatic heterocycles. The molecule has 3 fully saturated rings. The van der Waals surface area contributed by atoms with Crippen LogP contribution < -0.4 is 36.8 Å². The van der Waals surface area contributed by atoms with E-state index in [-0.39, 0.29) is 66.7 Å². The van der Waals surface area contributed by atoms with Crippen molar-refractivity contribution in [1.82, 2.24) is 36.0 Å². The van der Waals surface area contributed by atoms with Crippen molar-refractivity contribution in [3.8, 4) is 0 Å². The van der Waals surface area contributed by atoms with Gasteiger partial charge in [-0.05, 0) is 130 Å². The number of ether oxygens (including phenoxy) is 2. The first-order valence-corrected chi connectivity index (χ1v) is 27.2. The lowest BCUT2D eigenvalue weighted by Gasteiger charge is -2.43. The Labute approximate surface area is 458 Å². The minimum atomic E-state index is -1.46. The molecule has 6 N–H and O–H groups in total. The van der Waals surface area contributed by atoms with Gasteiger partial charge in [-0.25, -0.2) is 13.2 Å². The molecule has 79 heavy (non-hydrogen) atoms. The largest absolute Gasteiger partial charge is 0.381 e. The molecule has 0 saturated carbocycles. The van der Waals surface area contributed by atoms with E-state index >= 15 is 8.78 Å². The van der Waals surface area contributed by atoms with E-state index < -0.39 is 76.9 Å². The van der Waals surface area contributed by atoms with E-state index in [2.05, 4.69) is 55.5 Å². The molecule has 5 heterocycles. The first kappa shape index (κ1) is 57.0. The molecule has 0 aliphatic carbocycles. The molecule has 6 amide bonds. The van der Waals surface area contributed by atoms with Crippen molar-refractivity contribution in [2.45, 2.75) is 95.2 Å². The van der Waals surface area contributed by atoms with Crippen LogP contribution in [-0.4, -0.2) is 160 Å². The number of anilines is 3. The Bertz CT molecular complexity index is 2910. The Morgan fingerprint density at radius 2 is 1.59 bits per heavy atom. The van der Waals surface area contributed by atoms with Gasteiger partial charge in [0, 0.05) is 82.0 Å². The van der Waals surface area contributed by atoms with Crippen LogP contribution in [0, 0.1) is 23.4 Å². The van der Waals surface area contributed by atoms with Crippen molar-refractivity contribution in [3.63, 3.8) is 0 Å². The summed E-state index contributed by atoms with van der Waals surface area (Å²) in [5.41, 5.74) is 1.86. The van der Waals surface area contributed by atoms with Crippen molar-refractivity contribution in [2.75, 3.05) is 94.8 Å². The highest BCUT2D eigenvalue weighted by Gasteiger charge is 2.48. The van der Waals surface area contributed by atoms with Crippen molar-refractivity contribution in [1.29, 1.82) is 0 Å². The normalized spacial score (nSPS) is 23.3. The maximum absolute atomic E-state index is 15.0. The average Bonchev–Trinajstić information content (AvgIpc) is 4.20. The van der Waals surface area contributed by atoms with Gasteiger partial charge in [-0.3, -0.25) is 38.6 Å². The van der Waals surface area contributed by atoms with Gasteiger partial charge in [0.05, 0.1) is 37.8 Å². The SMILES string of the molecule is CN[C@@H](C)C(=O)NC(C(=O)N1Cc2ccc(NC(=O)CNC(=O)[C@]3(C)CN(C(=O)CN4C[C@@H](C)NC[C@@H]4CN4CCOC[C@H]4C)c4cc(Cc5ccc(F)cc5)ccc43)cc2[C@H]1C(=O)Nc1c(F)cccc1F)C1CCOCC1. The van der Waals surface area contributed by atoms with Crippen LogP contribution in [0.3, 0.4) is 0 Å². The topological polar surface area (TPSA) is 206 Å². The first-order valence-electron chi connectivity index (χ1n) is 27.2. The number of carbonyl (C=O) groups is 6. The molecule has 4 aromatic carbocycles. The van der Waals surface area contributed by atoms with Crippen LogP contribution in [0.2, 0.25) is 0 Å². The van der Waals surface area contributed by atoms with Crippen molar-refractivity contribution in [2.24, 2.45) is 5.92 Å². The number of nitrogens with zero attached hydrogens (tertiary/aromatic N) is 4. The number of likely N-dealkylation sites (N-methyl/N-ethyl adjacent to an activating group) is 1. The van der Waals surface area contributed by atoms with Crippen LogP contribution >= 0.6 is 0 Å². The number of hydrogen-bond acceptors (Lipinski definition) is 12. The van der Waals surface area contributed by atoms with E-state index in [9.17, 15) is 33.2 Å². The number of benzene rings is 4. The van der Waals surface area contributed by atoms with Crippen LogP contribution in [-0.2, 0) is 56.6 Å². The minimum absolute atomic E-state index is 0.00468. The van der Waals surface area contributed by atoms with Crippen molar-refractivity contribution in [3.05, 3.63) is 124 Å². The molecule has 0 radical (unpaired) electrons. The number of para-hydroxylation sites is 1. The number of nitrogens with one attached hydrogen (secondary N) is 6. The molecule has 7 atom stereocenters. The summed E-state index contributed by atoms with van der Waals surface area (Å²) in [6, 6.07) is 16.9. The molecular weight excluding hydrogens is 1020 g/mol. The second kappa shape index (κ2) is 24.7. The maximum atomic E-state index is 15.0. The van der Waals surface area contributed by atoms with Crippen molar-refractivity contribution < 1.29 is 51.4 Å². The van der Waals surface area contributed by atoms with Gasteiger partial charge in [0.2, 0.25) is 29.5 Å². The van der Waals surface area contributed by atoms with Gasteiger partial charge in [0.1, 0.15) is 35.2 Å². The van der Waals surface area contributed by atoms with Crippen LogP contribution in [0.15, 0.2) is 78.9 Å². The van der Waals surface area contributed by atoms with E-state index in [4.69, 9.17) is 9.47 Å². The molecule has 422 valence electrons.